The van der Waals surface area contributed by atoms with Gasteiger partial charge in [0.05, 0.1) is 24.2 Å². The molecule has 0 saturated heterocycles. The summed E-state index contributed by atoms with van der Waals surface area (Å²) in [5.74, 6) is -0.115. The SMILES string of the molecule is Cc1nn(Cc2ccccc2)c(C)c1/C=N/NS(=O)(=O)Cc1ccccc1. The number of hydrazone groups is 1. The third-order valence-corrected chi connectivity index (χ3v) is 5.29. The molecule has 27 heavy (non-hydrogen) atoms. The lowest BCUT2D eigenvalue weighted by molar-refractivity contribution is 0.584. The van der Waals surface area contributed by atoms with E-state index in [-0.39, 0.29) is 5.75 Å². The molecule has 1 aromatic heterocycles. The Morgan fingerprint density at radius 2 is 1.59 bits per heavy atom. The van der Waals surface area contributed by atoms with Gasteiger partial charge in [0.15, 0.2) is 0 Å². The van der Waals surface area contributed by atoms with Crippen molar-refractivity contribution in [2.75, 3.05) is 0 Å². The van der Waals surface area contributed by atoms with Crippen LogP contribution in [0.5, 0.6) is 0 Å². The average molecular weight is 382 g/mol. The fourth-order valence-electron chi connectivity index (χ4n) is 2.81. The molecule has 1 heterocycles. The minimum absolute atomic E-state index is 0.115. The molecule has 0 spiro atoms. The fraction of sp³-hybridized carbons (Fsp3) is 0.200. The van der Waals surface area contributed by atoms with Crippen LogP contribution in [0.15, 0.2) is 65.8 Å². The highest BCUT2D eigenvalue weighted by molar-refractivity contribution is 7.88. The number of nitrogens with zero attached hydrogens (tertiary/aromatic N) is 3. The molecule has 6 nitrogen and oxygen atoms in total. The maximum atomic E-state index is 12.2. The Bertz CT molecular complexity index is 1030. The van der Waals surface area contributed by atoms with Crippen molar-refractivity contribution in [3.05, 3.63) is 88.7 Å². The van der Waals surface area contributed by atoms with E-state index in [2.05, 4.69) is 15.0 Å². The molecule has 1 N–H and O–H groups in total. The van der Waals surface area contributed by atoms with E-state index in [4.69, 9.17) is 0 Å². The van der Waals surface area contributed by atoms with Gasteiger partial charge in [-0.3, -0.25) is 4.68 Å². The molecular formula is C20H22N4O2S. The standard InChI is InChI=1S/C20H22N4O2S/c1-16-20(17(2)24(22-16)14-18-9-5-3-6-10-18)13-21-23-27(25,26)15-19-11-7-4-8-12-19/h3-13,23H,14-15H2,1-2H3/b21-13+. The zero-order chi connectivity index (χ0) is 19.3. The third-order valence-electron chi connectivity index (χ3n) is 4.20. The van der Waals surface area contributed by atoms with Gasteiger partial charge in [-0.15, -0.1) is 0 Å². The van der Waals surface area contributed by atoms with Crippen LogP contribution in [0.1, 0.15) is 28.1 Å². The molecule has 0 bridgehead atoms. The van der Waals surface area contributed by atoms with E-state index >= 15 is 0 Å². The van der Waals surface area contributed by atoms with E-state index in [1.54, 1.807) is 12.1 Å². The Kier molecular flexibility index (Phi) is 5.71. The van der Waals surface area contributed by atoms with Gasteiger partial charge in [0, 0.05) is 11.3 Å². The van der Waals surface area contributed by atoms with Crippen molar-refractivity contribution in [2.45, 2.75) is 26.1 Å². The highest BCUT2D eigenvalue weighted by atomic mass is 32.2. The molecule has 0 amide bonds. The maximum Gasteiger partial charge on any atom is 0.251 e. The molecule has 0 radical (unpaired) electrons. The van der Waals surface area contributed by atoms with E-state index in [0.29, 0.717) is 12.1 Å². The van der Waals surface area contributed by atoms with Crippen molar-refractivity contribution < 1.29 is 8.42 Å². The summed E-state index contributed by atoms with van der Waals surface area (Å²) in [6.45, 7) is 4.48. The minimum atomic E-state index is -3.55. The first-order valence-electron chi connectivity index (χ1n) is 8.59. The van der Waals surface area contributed by atoms with Gasteiger partial charge in [0.2, 0.25) is 0 Å². The van der Waals surface area contributed by atoms with Crippen LogP contribution in [0.25, 0.3) is 0 Å². The van der Waals surface area contributed by atoms with Gasteiger partial charge in [-0.25, -0.2) is 13.2 Å². The number of rotatable bonds is 7. The number of nitrogens with one attached hydrogen (secondary N) is 1. The van der Waals surface area contributed by atoms with Gasteiger partial charge in [0.25, 0.3) is 10.0 Å². The molecule has 140 valence electrons. The fourth-order valence-corrected chi connectivity index (χ4v) is 3.71. The van der Waals surface area contributed by atoms with Crippen molar-refractivity contribution in [2.24, 2.45) is 5.10 Å². The number of hydrogen-bond acceptors (Lipinski definition) is 4. The van der Waals surface area contributed by atoms with E-state index in [1.165, 1.54) is 6.21 Å². The number of aryl methyl sites for hydroxylation is 1. The molecule has 3 aromatic rings. The van der Waals surface area contributed by atoms with Crippen LogP contribution < -0.4 is 4.83 Å². The monoisotopic (exact) mass is 382 g/mol. The van der Waals surface area contributed by atoms with Crippen LogP contribution in [0.3, 0.4) is 0 Å². The Labute approximate surface area is 159 Å². The molecule has 0 atom stereocenters. The summed E-state index contributed by atoms with van der Waals surface area (Å²) in [6, 6.07) is 19.0. The first-order valence-corrected chi connectivity index (χ1v) is 10.2. The lowest BCUT2D eigenvalue weighted by Crippen LogP contribution is -2.20. The molecule has 0 aliphatic heterocycles. The summed E-state index contributed by atoms with van der Waals surface area (Å²) < 4.78 is 26.2. The molecule has 0 aliphatic carbocycles. The van der Waals surface area contributed by atoms with Crippen molar-refractivity contribution >= 4 is 16.2 Å². The smallest absolute Gasteiger partial charge is 0.251 e. The Morgan fingerprint density at radius 1 is 1.00 bits per heavy atom. The normalized spacial score (nSPS) is 11.8. The Morgan fingerprint density at radius 3 is 2.22 bits per heavy atom. The molecule has 0 aliphatic rings. The topological polar surface area (TPSA) is 76.3 Å². The van der Waals surface area contributed by atoms with E-state index in [1.807, 2.05) is 67.1 Å². The summed E-state index contributed by atoms with van der Waals surface area (Å²) in [7, 11) is -3.55. The van der Waals surface area contributed by atoms with Gasteiger partial charge in [-0.05, 0) is 25.0 Å². The first-order chi connectivity index (χ1) is 12.9. The maximum absolute atomic E-state index is 12.2. The Balaban J connectivity index is 1.70. The number of sulfonamides is 1. The quantitative estimate of drug-likeness (QED) is 0.504. The van der Waals surface area contributed by atoms with Gasteiger partial charge < -0.3 is 0 Å². The molecule has 0 unspecified atom stereocenters. The van der Waals surface area contributed by atoms with Gasteiger partial charge in [-0.2, -0.15) is 10.2 Å². The Hall–Kier alpha value is -2.93. The molecule has 3 rings (SSSR count). The summed E-state index contributed by atoms with van der Waals surface area (Å²) in [6.07, 6.45) is 1.52. The second-order valence-corrected chi connectivity index (χ2v) is 8.02. The van der Waals surface area contributed by atoms with Crippen LogP contribution in [0.4, 0.5) is 0 Å². The van der Waals surface area contributed by atoms with E-state index < -0.39 is 10.0 Å². The van der Waals surface area contributed by atoms with Crippen molar-refractivity contribution in [1.29, 1.82) is 0 Å². The van der Waals surface area contributed by atoms with E-state index in [0.717, 1.165) is 22.5 Å². The zero-order valence-corrected chi connectivity index (χ0v) is 16.1. The van der Waals surface area contributed by atoms with Crippen molar-refractivity contribution in [1.82, 2.24) is 14.6 Å². The molecule has 2 aromatic carbocycles. The second-order valence-electron chi connectivity index (χ2n) is 6.32. The lowest BCUT2D eigenvalue weighted by Gasteiger charge is -2.05. The summed E-state index contributed by atoms with van der Waals surface area (Å²) in [5.41, 5.74) is 4.41. The highest BCUT2D eigenvalue weighted by Crippen LogP contribution is 2.13. The number of benzene rings is 2. The van der Waals surface area contributed by atoms with Crippen LogP contribution in [0.2, 0.25) is 0 Å². The first kappa shape index (κ1) is 18.8. The molecule has 0 fully saturated rings. The average Bonchev–Trinajstić information content (AvgIpc) is 2.90. The van der Waals surface area contributed by atoms with Gasteiger partial charge >= 0.3 is 0 Å². The van der Waals surface area contributed by atoms with E-state index in [9.17, 15) is 8.42 Å². The molecule has 0 saturated carbocycles. The number of aromatic nitrogens is 2. The predicted octanol–water partition coefficient (Wildman–Crippen LogP) is 3.00. The van der Waals surface area contributed by atoms with Gasteiger partial charge in [0.1, 0.15) is 0 Å². The van der Waals surface area contributed by atoms with Crippen LogP contribution in [0, 0.1) is 13.8 Å². The van der Waals surface area contributed by atoms with Crippen LogP contribution in [-0.2, 0) is 22.3 Å². The van der Waals surface area contributed by atoms with Crippen LogP contribution >= 0.6 is 0 Å². The predicted molar refractivity (Wildman–Crippen MR) is 107 cm³/mol. The van der Waals surface area contributed by atoms with Crippen LogP contribution in [-0.4, -0.2) is 24.4 Å². The summed E-state index contributed by atoms with van der Waals surface area (Å²) >= 11 is 0. The van der Waals surface area contributed by atoms with Crippen molar-refractivity contribution in [3.8, 4) is 0 Å². The molecular weight excluding hydrogens is 360 g/mol. The third kappa shape index (κ3) is 5.04. The zero-order valence-electron chi connectivity index (χ0n) is 15.3. The lowest BCUT2D eigenvalue weighted by atomic mass is 10.2. The summed E-state index contributed by atoms with van der Waals surface area (Å²) in [4.78, 5) is 2.27. The molecule has 7 heteroatoms. The summed E-state index contributed by atoms with van der Waals surface area (Å²) in [5, 5.41) is 8.47. The minimum Gasteiger partial charge on any atom is -0.265 e. The second kappa shape index (κ2) is 8.18. The van der Waals surface area contributed by atoms with Crippen molar-refractivity contribution in [3.63, 3.8) is 0 Å². The highest BCUT2D eigenvalue weighted by Gasteiger charge is 2.12. The largest absolute Gasteiger partial charge is 0.265 e. The van der Waals surface area contributed by atoms with Gasteiger partial charge in [-0.1, -0.05) is 60.7 Å². The number of hydrogen-bond donors (Lipinski definition) is 1.